The molecule has 0 atom stereocenters. The van der Waals surface area contributed by atoms with Gasteiger partial charge in [0.05, 0.1) is 12.7 Å². The Balaban J connectivity index is 1.85. The summed E-state index contributed by atoms with van der Waals surface area (Å²) < 4.78 is 5.16. The molecule has 1 aliphatic rings. The summed E-state index contributed by atoms with van der Waals surface area (Å²) in [6.45, 7) is 2.87. The van der Waals surface area contributed by atoms with Crippen LogP contribution in [0.15, 0.2) is 24.3 Å². The average Bonchev–Trinajstić information content (AvgIpc) is 2.32. The summed E-state index contributed by atoms with van der Waals surface area (Å²) in [7, 11) is 1.58. The van der Waals surface area contributed by atoms with Crippen molar-refractivity contribution in [2.45, 2.75) is 6.42 Å². The number of hydrogen-bond donors (Lipinski definition) is 2. The summed E-state index contributed by atoms with van der Waals surface area (Å²) in [5, 5.41) is 6.14. The quantitative estimate of drug-likeness (QED) is 0.800. The van der Waals surface area contributed by atoms with Gasteiger partial charge in [-0.25, -0.2) is 0 Å². The van der Waals surface area contributed by atoms with Crippen LogP contribution in [0, 0.1) is 5.92 Å². The van der Waals surface area contributed by atoms with E-state index in [1.54, 1.807) is 19.2 Å². The normalized spacial score (nSPS) is 15.1. The third-order valence-electron chi connectivity index (χ3n) is 3.06. The molecule has 1 aliphatic heterocycles. The van der Waals surface area contributed by atoms with Crippen LogP contribution in [-0.2, 0) is 0 Å². The molecule has 1 aromatic rings. The predicted molar refractivity (Wildman–Crippen MR) is 66.3 cm³/mol. The zero-order valence-corrected chi connectivity index (χ0v) is 10.0. The average molecular weight is 234 g/mol. The molecule has 1 amide bonds. The fourth-order valence-electron chi connectivity index (χ4n) is 1.87. The first kappa shape index (κ1) is 11.9. The van der Waals surface area contributed by atoms with Crippen molar-refractivity contribution in [3.05, 3.63) is 29.8 Å². The van der Waals surface area contributed by atoms with Gasteiger partial charge in [-0.15, -0.1) is 0 Å². The van der Waals surface area contributed by atoms with E-state index in [0.717, 1.165) is 26.1 Å². The molecule has 4 nitrogen and oxygen atoms in total. The molecule has 1 saturated heterocycles. The number of para-hydroxylation sites is 1. The highest BCUT2D eigenvalue weighted by Gasteiger charge is 2.17. The van der Waals surface area contributed by atoms with Gasteiger partial charge < -0.3 is 15.4 Å². The van der Waals surface area contributed by atoms with Gasteiger partial charge in [-0.1, -0.05) is 12.1 Å². The molecule has 1 aromatic carbocycles. The lowest BCUT2D eigenvalue weighted by Crippen LogP contribution is -2.43. The van der Waals surface area contributed by atoms with E-state index in [-0.39, 0.29) is 5.91 Å². The summed E-state index contributed by atoms with van der Waals surface area (Å²) in [4.78, 5) is 11.9. The van der Waals surface area contributed by atoms with Gasteiger partial charge in [-0.05, 0) is 37.6 Å². The van der Waals surface area contributed by atoms with Crippen molar-refractivity contribution in [2.24, 2.45) is 5.92 Å². The zero-order valence-electron chi connectivity index (χ0n) is 10.0. The van der Waals surface area contributed by atoms with Gasteiger partial charge in [0, 0.05) is 6.54 Å². The SMILES string of the molecule is COc1ccccc1C(=O)NCCC1CNC1. The second-order valence-corrected chi connectivity index (χ2v) is 4.27. The van der Waals surface area contributed by atoms with Gasteiger partial charge in [0.2, 0.25) is 0 Å². The number of carbonyl (C=O) groups excluding carboxylic acids is 1. The monoisotopic (exact) mass is 234 g/mol. The first-order valence-corrected chi connectivity index (χ1v) is 5.93. The highest BCUT2D eigenvalue weighted by molar-refractivity contribution is 5.96. The van der Waals surface area contributed by atoms with Crippen molar-refractivity contribution in [1.29, 1.82) is 0 Å². The lowest BCUT2D eigenvalue weighted by molar-refractivity contribution is 0.0947. The van der Waals surface area contributed by atoms with E-state index in [2.05, 4.69) is 10.6 Å². The number of nitrogens with one attached hydrogen (secondary N) is 2. The summed E-state index contributed by atoms with van der Waals surface area (Å²) in [6.07, 6.45) is 1.04. The van der Waals surface area contributed by atoms with Gasteiger partial charge in [0.25, 0.3) is 5.91 Å². The minimum absolute atomic E-state index is 0.0604. The predicted octanol–water partition coefficient (Wildman–Crippen LogP) is 1.03. The molecule has 2 rings (SSSR count). The number of rotatable bonds is 5. The van der Waals surface area contributed by atoms with Crippen LogP contribution in [0.2, 0.25) is 0 Å². The molecule has 0 aromatic heterocycles. The van der Waals surface area contributed by atoms with E-state index in [4.69, 9.17) is 4.74 Å². The smallest absolute Gasteiger partial charge is 0.255 e. The number of benzene rings is 1. The molecule has 0 spiro atoms. The standard InChI is InChI=1S/C13H18N2O2/c1-17-12-5-3-2-4-11(12)13(16)15-7-6-10-8-14-9-10/h2-5,10,14H,6-9H2,1H3,(H,15,16). The fraction of sp³-hybridized carbons (Fsp3) is 0.462. The van der Waals surface area contributed by atoms with Gasteiger partial charge in [0.15, 0.2) is 0 Å². The number of amides is 1. The Kier molecular flexibility index (Phi) is 3.98. The molecule has 0 unspecified atom stereocenters. The Hall–Kier alpha value is -1.55. The van der Waals surface area contributed by atoms with Gasteiger partial charge in [-0.3, -0.25) is 4.79 Å². The van der Waals surface area contributed by atoms with Crippen LogP contribution >= 0.6 is 0 Å². The van der Waals surface area contributed by atoms with Crippen molar-refractivity contribution >= 4 is 5.91 Å². The van der Waals surface area contributed by atoms with Crippen molar-refractivity contribution < 1.29 is 9.53 Å². The summed E-state index contributed by atoms with van der Waals surface area (Å²) in [6, 6.07) is 7.27. The number of methoxy groups -OCH3 is 1. The third-order valence-corrected chi connectivity index (χ3v) is 3.06. The Morgan fingerprint density at radius 1 is 1.47 bits per heavy atom. The molecule has 0 saturated carbocycles. The van der Waals surface area contributed by atoms with Crippen LogP contribution in [-0.4, -0.2) is 32.7 Å². The Labute approximate surface area is 101 Å². The first-order valence-electron chi connectivity index (χ1n) is 5.93. The maximum Gasteiger partial charge on any atom is 0.255 e. The molecule has 1 heterocycles. The van der Waals surface area contributed by atoms with Crippen molar-refractivity contribution in [3.63, 3.8) is 0 Å². The largest absolute Gasteiger partial charge is 0.496 e. The third kappa shape index (κ3) is 2.97. The number of ether oxygens (including phenoxy) is 1. The van der Waals surface area contributed by atoms with Crippen LogP contribution in [0.4, 0.5) is 0 Å². The van der Waals surface area contributed by atoms with Gasteiger partial charge in [0.1, 0.15) is 5.75 Å². The van der Waals surface area contributed by atoms with Crippen molar-refractivity contribution in [2.75, 3.05) is 26.7 Å². The molecule has 0 bridgehead atoms. The second-order valence-electron chi connectivity index (χ2n) is 4.27. The zero-order chi connectivity index (χ0) is 12.1. The fourth-order valence-corrected chi connectivity index (χ4v) is 1.87. The molecule has 0 radical (unpaired) electrons. The second kappa shape index (κ2) is 5.68. The number of hydrogen-bond acceptors (Lipinski definition) is 3. The van der Waals surface area contributed by atoms with Crippen LogP contribution in [0.5, 0.6) is 5.75 Å². The highest BCUT2D eigenvalue weighted by atomic mass is 16.5. The van der Waals surface area contributed by atoms with E-state index in [1.165, 1.54) is 0 Å². The van der Waals surface area contributed by atoms with E-state index in [9.17, 15) is 4.79 Å². The summed E-state index contributed by atoms with van der Waals surface area (Å²) in [5.41, 5.74) is 0.599. The lowest BCUT2D eigenvalue weighted by atomic mass is 9.99. The Bertz CT molecular complexity index is 389. The number of carbonyl (C=O) groups is 1. The molecular weight excluding hydrogens is 216 g/mol. The Morgan fingerprint density at radius 3 is 2.88 bits per heavy atom. The lowest BCUT2D eigenvalue weighted by Gasteiger charge is -2.26. The van der Waals surface area contributed by atoms with Crippen LogP contribution < -0.4 is 15.4 Å². The van der Waals surface area contributed by atoms with E-state index < -0.39 is 0 Å². The first-order chi connectivity index (χ1) is 8.31. The van der Waals surface area contributed by atoms with E-state index in [1.807, 2.05) is 12.1 Å². The van der Waals surface area contributed by atoms with Crippen LogP contribution in [0.3, 0.4) is 0 Å². The topological polar surface area (TPSA) is 50.4 Å². The van der Waals surface area contributed by atoms with E-state index in [0.29, 0.717) is 17.2 Å². The molecule has 2 N–H and O–H groups in total. The molecule has 4 heteroatoms. The highest BCUT2D eigenvalue weighted by Crippen LogP contribution is 2.17. The van der Waals surface area contributed by atoms with Gasteiger partial charge >= 0.3 is 0 Å². The maximum atomic E-state index is 11.9. The minimum atomic E-state index is -0.0604. The molecule has 0 aliphatic carbocycles. The minimum Gasteiger partial charge on any atom is -0.496 e. The van der Waals surface area contributed by atoms with Crippen LogP contribution in [0.25, 0.3) is 0 Å². The van der Waals surface area contributed by atoms with E-state index >= 15 is 0 Å². The molecule has 17 heavy (non-hydrogen) atoms. The Morgan fingerprint density at radius 2 is 2.24 bits per heavy atom. The molecule has 92 valence electrons. The summed E-state index contributed by atoms with van der Waals surface area (Å²) in [5.74, 6) is 1.28. The molecule has 1 fully saturated rings. The van der Waals surface area contributed by atoms with Gasteiger partial charge in [-0.2, -0.15) is 0 Å². The molecular formula is C13H18N2O2. The maximum absolute atomic E-state index is 11.9. The van der Waals surface area contributed by atoms with Crippen molar-refractivity contribution in [3.8, 4) is 5.75 Å². The summed E-state index contributed by atoms with van der Waals surface area (Å²) >= 11 is 0. The van der Waals surface area contributed by atoms with Crippen molar-refractivity contribution in [1.82, 2.24) is 10.6 Å². The van der Waals surface area contributed by atoms with Crippen LogP contribution in [0.1, 0.15) is 16.8 Å².